The van der Waals surface area contributed by atoms with Crippen LogP contribution in [0.2, 0.25) is 0 Å². The molecule has 1 aromatic rings. The number of rotatable bonds is 3. The predicted octanol–water partition coefficient (Wildman–Crippen LogP) is 3.13. The highest BCUT2D eigenvalue weighted by atomic mass is 15.2. The number of hydrogen-bond acceptors (Lipinski definition) is 2. The van der Waals surface area contributed by atoms with Crippen LogP contribution < -0.4 is 0 Å². The molecule has 0 amide bonds. The molecule has 1 saturated heterocycles. The predicted molar refractivity (Wildman–Crippen MR) is 64.8 cm³/mol. The Kier molecular flexibility index (Phi) is 3.58. The molecule has 0 radical (unpaired) electrons. The fraction of sp³-hybridized carbons (Fsp3) is 0.500. The van der Waals surface area contributed by atoms with E-state index in [-0.39, 0.29) is 0 Å². The van der Waals surface area contributed by atoms with Crippen molar-refractivity contribution in [1.29, 1.82) is 5.26 Å². The molecule has 84 valence electrons. The summed E-state index contributed by atoms with van der Waals surface area (Å²) in [6.07, 6.45) is 3.06. The van der Waals surface area contributed by atoms with Crippen LogP contribution >= 0.6 is 0 Å². The van der Waals surface area contributed by atoms with Gasteiger partial charge in [0.25, 0.3) is 0 Å². The maximum atomic E-state index is 8.82. The molecule has 1 aromatic carbocycles. The van der Waals surface area contributed by atoms with Crippen LogP contribution in [0.5, 0.6) is 0 Å². The van der Waals surface area contributed by atoms with Gasteiger partial charge in [-0.05, 0) is 31.9 Å². The molecule has 0 bridgehead atoms. The van der Waals surface area contributed by atoms with Crippen molar-refractivity contribution in [1.82, 2.24) is 4.90 Å². The number of benzene rings is 1. The van der Waals surface area contributed by atoms with Gasteiger partial charge in [-0.3, -0.25) is 4.90 Å². The monoisotopic (exact) mass is 214 g/mol. The number of hydrogen-bond donors (Lipinski definition) is 0. The van der Waals surface area contributed by atoms with Crippen LogP contribution in [0.3, 0.4) is 0 Å². The van der Waals surface area contributed by atoms with Crippen molar-refractivity contribution in [3.63, 3.8) is 0 Å². The molecule has 16 heavy (non-hydrogen) atoms. The van der Waals surface area contributed by atoms with Crippen molar-refractivity contribution in [3.05, 3.63) is 35.9 Å². The highest BCUT2D eigenvalue weighted by molar-refractivity contribution is 5.19. The lowest BCUT2D eigenvalue weighted by molar-refractivity contribution is 0.195. The topological polar surface area (TPSA) is 27.0 Å². The Labute approximate surface area is 97.5 Å². The van der Waals surface area contributed by atoms with Crippen LogP contribution in [0.15, 0.2) is 30.3 Å². The zero-order valence-corrected chi connectivity index (χ0v) is 9.76. The summed E-state index contributed by atoms with van der Waals surface area (Å²) < 4.78 is 0. The molecular weight excluding hydrogens is 196 g/mol. The zero-order valence-electron chi connectivity index (χ0n) is 9.76. The summed E-state index contributed by atoms with van der Waals surface area (Å²) in [5, 5.41) is 8.82. The van der Waals surface area contributed by atoms with Crippen LogP contribution in [-0.2, 0) is 0 Å². The van der Waals surface area contributed by atoms with Gasteiger partial charge in [-0.25, -0.2) is 0 Å². The van der Waals surface area contributed by atoms with E-state index in [4.69, 9.17) is 5.26 Å². The number of nitrogens with zero attached hydrogens (tertiary/aromatic N) is 2. The van der Waals surface area contributed by atoms with Crippen LogP contribution in [0.25, 0.3) is 0 Å². The molecule has 0 N–H and O–H groups in total. The van der Waals surface area contributed by atoms with Gasteiger partial charge in [0.1, 0.15) is 0 Å². The molecule has 0 spiro atoms. The van der Waals surface area contributed by atoms with E-state index in [1.165, 1.54) is 18.4 Å². The van der Waals surface area contributed by atoms with E-state index in [9.17, 15) is 0 Å². The SMILES string of the molecule is C[C@H](c1ccccc1)N1CCC[C@H]1CC#N. The molecule has 2 heteroatoms. The fourth-order valence-electron chi connectivity index (χ4n) is 2.62. The molecule has 2 atom stereocenters. The Morgan fingerprint density at radius 2 is 2.19 bits per heavy atom. The summed E-state index contributed by atoms with van der Waals surface area (Å²) in [6, 6.07) is 13.8. The minimum Gasteiger partial charge on any atom is -0.293 e. The summed E-state index contributed by atoms with van der Waals surface area (Å²) >= 11 is 0. The van der Waals surface area contributed by atoms with Crippen molar-refractivity contribution >= 4 is 0 Å². The zero-order chi connectivity index (χ0) is 11.4. The second-order valence-electron chi connectivity index (χ2n) is 4.48. The smallest absolute Gasteiger partial charge is 0.0638 e. The fourth-order valence-corrected chi connectivity index (χ4v) is 2.62. The molecule has 1 aliphatic heterocycles. The summed E-state index contributed by atoms with van der Waals surface area (Å²) in [5.41, 5.74) is 1.35. The van der Waals surface area contributed by atoms with Gasteiger partial charge in [0.05, 0.1) is 12.5 Å². The van der Waals surface area contributed by atoms with E-state index in [1.54, 1.807) is 0 Å². The second-order valence-corrected chi connectivity index (χ2v) is 4.48. The van der Waals surface area contributed by atoms with E-state index >= 15 is 0 Å². The van der Waals surface area contributed by atoms with E-state index in [0.717, 1.165) is 6.54 Å². The quantitative estimate of drug-likeness (QED) is 0.773. The van der Waals surface area contributed by atoms with Gasteiger partial charge >= 0.3 is 0 Å². The number of likely N-dealkylation sites (tertiary alicyclic amines) is 1. The normalized spacial score (nSPS) is 22.9. The van der Waals surface area contributed by atoms with Crippen molar-refractivity contribution in [2.75, 3.05) is 6.54 Å². The Hall–Kier alpha value is -1.33. The lowest BCUT2D eigenvalue weighted by Crippen LogP contribution is -2.31. The van der Waals surface area contributed by atoms with Crippen LogP contribution in [0.1, 0.15) is 37.8 Å². The first-order valence-corrected chi connectivity index (χ1v) is 6.00. The molecule has 0 aromatic heterocycles. The Balaban J connectivity index is 2.10. The van der Waals surface area contributed by atoms with Crippen molar-refractivity contribution in [2.24, 2.45) is 0 Å². The Bertz CT molecular complexity index is 366. The van der Waals surface area contributed by atoms with Gasteiger partial charge in [-0.1, -0.05) is 30.3 Å². The lowest BCUT2D eigenvalue weighted by Gasteiger charge is -2.29. The summed E-state index contributed by atoms with van der Waals surface area (Å²) in [7, 11) is 0. The second kappa shape index (κ2) is 5.14. The molecule has 1 aliphatic rings. The third kappa shape index (κ3) is 2.25. The maximum Gasteiger partial charge on any atom is 0.0638 e. The van der Waals surface area contributed by atoms with Crippen molar-refractivity contribution in [2.45, 2.75) is 38.3 Å². The van der Waals surface area contributed by atoms with E-state index in [1.807, 2.05) is 6.07 Å². The Morgan fingerprint density at radius 3 is 2.88 bits per heavy atom. The molecule has 0 unspecified atom stereocenters. The highest BCUT2D eigenvalue weighted by Gasteiger charge is 2.28. The number of nitriles is 1. The minimum absolute atomic E-state index is 0.432. The summed E-state index contributed by atoms with van der Waals surface area (Å²) in [6.45, 7) is 3.37. The van der Waals surface area contributed by atoms with Crippen molar-refractivity contribution in [3.8, 4) is 6.07 Å². The first-order chi connectivity index (χ1) is 7.83. The van der Waals surface area contributed by atoms with Crippen LogP contribution in [-0.4, -0.2) is 17.5 Å². The minimum atomic E-state index is 0.432. The van der Waals surface area contributed by atoms with Crippen LogP contribution in [0, 0.1) is 11.3 Å². The van der Waals surface area contributed by atoms with E-state index < -0.39 is 0 Å². The molecule has 2 nitrogen and oxygen atoms in total. The van der Waals surface area contributed by atoms with E-state index in [2.05, 4.69) is 42.2 Å². The molecular formula is C14H18N2. The third-order valence-corrected chi connectivity index (χ3v) is 3.53. The average molecular weight is 214 g/mol. The first-order valence-electron chi connectivity index (χ1n) is 6.00. The van der Waals surface area contributed by atoms with Gasteiger partial charge in [-0.2, -0.15) is 5.26 Å². The van der Waals surface area contributed by atoms with Gasteiger partial charge < -0.3 is 0 Å². The average Bonchev–Trinajstić information content (AvgIpc) is 2.78. The highest BCUT2D eigenvalue weighted by Crippen LogP contribution is 2.30. The van der Waals surface area contributed by atoms with Crippen LogP contribution in [0.4, 0.5) is 0 Å². The standard InChI is InChI=1S/C14H18N2/c1-12(13-6-3-2-4-7-13)16-11-5-8-14(16)9-10-15/h2-4,6-7,12,14H,5,8-9,11H2,1H3/t12-,14+/m1/s1. The lowest BCUT2D eigenvalue weighted by atomic mass is 10.1. The summed E-state index contributed by atoms with van der Waals surface area (Å²) in [5.74, 6) is 0. The summed E-state index contributed by atoms with van der Waals surface area (Å²) in [4.78, 5) is 2.47. The molecule has 2 rings (SSSR count). The van der Waals surface area contributed by atoms with E-state index in [0.29, 0.717) is 18.5 Å². The molecule has 1 fully saturated rings. The van der Waals surface area contributed by atoms with Gasteiger partial charge in [0, 0.05) is 12.1 Å². The van der Waals surface area contributed by atoms with Gasteiger partial charge in [0.15, 0.2) is 0 Å². The van der Waals surface area contributed by atoms with Gasteiger partial charge in [0.2, 0.25) is 0 Å². The largest absolute Gasteiger partial charge is 0.293 e. The third-order valence-electron chi connectivity index (χ3n) is 3.53. The molecule has 0 aliphatic carbocycles. The van der Waals surface area contributed by atoms with Gasteiger partial charge in [-0.15, -0.1) is 0 Å². The first kappa shape index (κ1) is 11.2. The molecule has 1 heterocycles. The van der Waals surface area contributed by atoms with Crippen molar-refractivity contribution < 1.29 is 0 Å². The maximum absolute atomic E-state index is 8.82. The Morgan fingerprint density at radius 1 is 1.44 bits per heavy atom. The molecule has 0 saturated carbocycles.